The molecule has 1 atom stereocenters. The molecule has 0 fully saturated rings. The number of nitrogens with two attached hydrogens (primary N) is 1. The van der Waals surface area contributed by atoms with E-state index in [1.165, 1.54) is 0 Å². The number of nitrogens with one attached hydrogen (secondary N) is 1. The zero-order valence-corrected chi connectivity index (χ0v) is 11.4. The molecular weight excluding hydrogens is 268 g/mol. The monoisotopic (exact) mass is 282 g/mol. The van der Waals surface area contributed by atoms with Gasteiger partial charge < -0.3 is 10.5 Å². The number of H-pyrrole nitrogens is 1. The maximum absolute atomic E-state index is 6.21. The highest BCUT2D eigenvalue weighted by molar-refractivity contribution is 5.46. The van der Waals surface area contributed by atoms with Crippen LogP contribution in [0.5, 0.6) is 5.75 Å². The van der Waals surface area contributed by atoms with Gasteiger partial charge in [0, 0.05) is 12.4 Å². The third-order valence-electron chi connectivity index (χ3n) is 3.04. The van der Waals surface area contributed by atoms with E-state index < -0.39 is 6.04 Å². The van der Waals surface area contributed by atoms with E-state index in [2.05, 4.69) is 25.1 Å². The summed E-state index contributed by atoms with van der Waals surface area (Å²) < 4.78 is 5.20. The van der Waals surface area contributed by atoms with Crippen LogP contribution in [0.25, 0.3) is 11.5 Å². The molecule has 106 valence electrons. The maximum atomic E-state index is 6.21. The van der Waals surface area contributed by atoms with Crippen LogP contribution in [0.4, 0.5) is 0 Å². The van der Waals surface area contributed by atoms with E-state index in [1.54, 1.807) is 25.7 Å². The summed E-state index contributed by atoms with van der Waals surface area (Å²) in [6.07, 6.45) is 4.79. The number of methoxy groups -OCH3 is 1. The smallest absolute Gasteiger partial charge is 0.201 e. The summed E-state index contributed by atoms with van der Waals surface area (Å²) in [5.74, 6) is 1.77. The Labute approximate surface area is 121 Å². The molecule has 0 bridgehead atoms. The lowest BCUT2D eigenvalue weighted by Gasteiger charge is -2.09. The zero-order chi connectivity index (χ0) is 14.7. The Kier molecular flexibility index (Phi) is 3.57. The summed E-state index contributed by atoms with van der Waals surface area (Å²) in [6.45, 7) is 0. The van der Waals surface area contributed by atoms with Crippen LogP contribution in [0.3, 0.4) is 0 Å². The van der Waals surface area contributed by atoms with Gasteiger partial charge >= 0.3 is 0 Å². The normalized spacial score (nSPS) is 12.1. The lowest BCUT2D eigenvalue weighted by Crippen LogP contribution is -2.13. The molecular formula is C14H14N6O. The standard InChI is InChI=1S/C14H14N6O/c1-21-10-4-2-3-9(7-10)12(15)14-18-13(19-20-14)11-8-16-5-6-17-11/h2-8,12H,15H2,1H3,(H,18,19,20)/t12-/m0/s1. The molecule has 3 rings (SSSR count). The van der Waals surface area contributed by atoms with Gasteiger partial charge in [-0.3, -0.25) is 10.1 Å². The van der Waals surface area contributed by atoms with Crippen molar-refractivity contribution in [2.75, 3.05) is 7.11 Å². The van der Waals surface area contributed by atoms with E-state index in [0.717, 1.165) is 11.3 Å². The van der Waals surface area contributed by atoms with Gasteiger partial charge in [0.2, 0.25) is 5.82 Å². The van der Waals surface area contributed by atoms with Gasteiger partial charge in [-0.2, -0.15) is 5.10 Å². The second-order valence-electron chi connectivity index (χ2n) is 4.39. The largest absolute Gasteiger partial charge is 0.497 e. The Morgan fingerprint density at radius 2 is 2.19 bits per heavy atom. The molecule has 0 unspecified atom stereocenters. The maximum Gasteiger partial charge on any atom is 0.201 e. The van der Waals surface area contributed by atoms with Crippen LogP contribution in [0, 0.1) is 0 Å². The van der Waals surface area contributed by atoms with Crippen LogP contribution >= 0.6 is 0 Å². The Morgan fingerprint density at radius 3 is 2.95 bits per heavy atom. The predicted molar refractivity (Wildman–Crippen MR) is 76.4 cm³/mol. The van der Waals surface area contributed by atoms with Gasteiger partial charge in [-0.05, 0) is 17.7 Å². The van der Waals surface area contributed by atoms with E-state index in [9.17, 15) is 0 Å². The second-order valence-corrected chi connectivity index (χ2v) is 4.39. The summed E-state index contributed by atoms with van der Waals surface area (Å²) in [5.41, 5.74) is 7.69. The number of hydrogen-bond acceptors (Lipinski definition) is 6. The fourth-order valence-electron chi connectivity index (χ4n) is 1.94. The van der Waals surface area contributed by atoms with Crippen molar-refractivity contribution < 1.29 is 4.74 Å². The molecule has 0 saturated carbocycles. The van der Waals surface area contributed by atoms with E-state index in [-0.39, 0.29) is 0 Å². The highest BCUT2D eigenvalue weighted by Gasteiger charge is 2.15. The molecule has 0 amide bonds. The molecule has 2 heterocycles. The Morgan fingerprint density at radius 1 is 1.29 bits per heavy atom. The van der Waals surface area contributed by atoms with Gasteiger partial charge in [-0.15, -0.1) is 0 Å². The number of ether oxygens (including phenoxy) is 1. The van der Waals surface area contributed by atoms with Crippen molar-refractivity contribution in [3.05, 3.63) is 54.2 Å². The minimum absolute atomic E-state index is 0.418. The van der Waals surface area contributed by atoms with Crippen molar-refractivity contribution in [1.82, 2.24) is 25.1 Å². The first-order valence-corrected chi connectivity index (χ1v) is 6.36. The average Bonchev–Trinajstić information content (AvgIpc) is 3.05. The number of aromatic amines is 1. The summed E-state index contributed by atoms with van der Waals surface area (Å²) in [5, 5.41) is 6.97. The van der Waals surface area contributed by atoms with Gasteiger partial charge in [-0.25, -0.2) is 9.97 Å². The Balaban J connectivity index is 1.88. The average molecular weight is 282 g/mol. The lowest BCUT2D eigenvalue weighted by molar-refractivity contribution is 0.414. The lowest BCUT2D eigenvalue weighted by atomic mass is 10.1. The molecule has 3 aromatic rings. The van der Waals surface area contributed by atoms with Crippen molar-refractivity contribution in [1.29, 1.82) is 0 Å². The quantitative estimate of drug-likeness (QED) is 0.748. The van der Waals surface area contributed by atoms with Crippen LogP contribution in [-0.2, 0) is 0 Å². The van der Waals surface area contributed by atoms with E-state index >= 15 is 0 Å². The molecule has 7 nitrogen and oxygen atoms in total. The van der Waals surface area contributed by atoms with Crippen molar-refractivity contribution in [3.63, 3.8) is 0 Å². The van der Waals surface area contributed by atoms with Crippen molar-refractivity contribution in [2.24, 2.45) is 5.73 Å². The second kappa shape index (κ2) is 5.68. The Hall–Kier alpha value is -2.80. The summed E-state index contributed by atoms with van der Waals surface area (Å²) >= 11 is 0. The summed E-state index contributed by atoms with van der Waals surface area (Å²) in [7, 11) is 1.62. The highest BCUT2D eigenvalue weighted by atomic mass is 16.5. The van der Waals surface area contributed by atoms with Crippen LogP contribution in [-0.4, -0.2) is 32.3 Å². The number of nitrogens with zero attached hydrogens (tertiary/aromatic N) is 4. The van der Waals surface area contributed by atoms with Crippen LogP contribution < -0.4 is 10.5 Å². The topological polar surface area (TPSA) is 103 Å². The van der Waals surface area contributed by atoms with E-state index in [0.29, 0.717) is 17.3 Å². The van der Waals surface area contributed by atoms with E-state index in [4.69, 9.17) is 10.5 Å². The van der Waals surface area contributed by atoms with E-state index in [1.807, 2.05) is 24.3 Å². The van der Waals surface area contributed by atoms with Crippen molar-refractivity contribution >= 4 is 0 Å². The molecule has 2 aromatic heterocycles. The van der Waals surface area contributed by atoms with Gasteiger partial charge in [0.1, 0.15) is 17.3 Å². The molecule has 1 aromatic carbocycles. The van der Waals surface area contributed by atoms with Crippen molar-refractivity contribution in [3.8, 4) is 17.3 Å². The fourth-order valence-corrected chi connectivity index (χ4v) is 1.94. The first-order valence-electron chi connectivity index (χ1n) is 6.36. The SMILES string of the molecule is COc1cccc([C@H](N)c2nc(-c3cnccn3)n[nH]2)c1. The van der Waals surface area contributed by atoms with Gasteiger partial charge in [-0.1, -0.05) is 12.1 Å². The minimum atomic E-state index is -0.418. The summed E-state index contributed by atoms with van der Waals surface area (Å²) in [4.78, 5) is 12.5. The van der Waals surface area contributed by atoms with Gasteiger partial charge in [0.25, 0.3) is 0 Å². The number of benzene rings is 1. The first-order chi connectivity index (χ1) is 10.3. The van der Waals surface area contributed by atoms with Crippen molar-refractivity contribution in [2.45, 2.75) is 6.04 Å². The minimum Gasteiger partial charge on any atom is -0.497 e. The highest BCUT2D eigenvalue weighted by Crippen LogP contribution is 2.22. The molecule has 0 spiro atoms. The number of rotatable bonds is 4. The molecule has 0 aliphatic rings. The molecule has 0 radical (unpaired) electrons. The third kappa shape index (κ3) is 2.72. The molecule has 0 saturated heterocycles. The van der Waals surface area contributed by atoms with Gasteiger partial charge in [0.15, 0.2) is 0 Å². The molecule has 7 heteroatoms. The van der Waals surface area contributed by atoms with Crippen LogP contribution in [0.2, 0.25) is 0 Å². The predicted octanol–water partition coefficient (Wildman–Crippen LogP) is 1.32. The van der Waals surface area contributed by atoms with Gasteiger partial charge in [0.05, 0.1) is 19.3 Å². The third-order valence-corrected chi connectivity index (χ3v) is 3.04. The molecule has 21 heavy (non-hydrogen) atoms. The fraction of sp³-hybridized carbons (Fsp3) is 0.143. The van der Waals surface area contributed by atoms with Crippen LogP contribution in [0.1, 0.15) is 17.4 Å². The first kappa shape index (κ1) is 13.2. The zero-order valence-electron chi connectivity index (χ0n) is 11.4. The number of hydrogen-bond donors (Lipinski definition) is 2. The van der Waals surface area contributed by atoms with Crippen LogP contribution in [0.15, 0.2) is 42.9 Å². The summed E-state index contributed by atoms with van der Waals surface area (Å²) in [6, 6.07) is 7.11. The molecule has 0 aliphatic carbocycles. The molecule has 3 N–H and O–H groups in total. The Bertz CT molecular complexity index is 727. The molecule has 0 aliphatic heterocycles. The number of aromatic nitrogens is 5.